The second-order valence-electron chi connectivity index (χ2n) is 4.85. The van der Waals surface area contributed by atoms with E-state index in [2.05, 4.69) is 0 Å². The number of nitrogens with two attached hydrogens (primary N) is 2. The Balaban J connectivity index is 2.60. The van der Waals surface area contributed by atoms with E-state index < -0.39 is 0 Å². The SMILES string of the molecule is CN(CCN)CC(C=N)=C(N)CCc1ccc(F)cc1. The summed E-state index contributed by atoms with van der Waals surface area (Å²) in [6.45, 7) is 1.97. The van der Waals surface area contributed by atoms with Gasteiger partial charge in [-0.1, -0.05) is 12.1 Å². The molecule has 1 aromatic rings. The summed E-state index contributed by atoms with van der Waals surface area (Å²) < 4.78 is 12.8. The molecule has 5 N–H and O–H groups in total. The predicted molar refractivity (Wildman–Crippen MR) is 81.3 cm³/mol. The number of aryl methyl sites for hydroxylation is 1. The van der Waals surface area contributed by atoms with E-state index in [9.17, 15) is 4.39 Å². The maximum absolute atomic E-state index is 12.8. The molecule has 0 saturated carbocycles. The average molecular weight is 278 g/mol. The Morgan fingerprint density at radius 1 is 1.35 bits per heavy atom. The molecule has 0 aromatic heterocycles. The zero-order valence-electron chi connectivity index (χ0n) is 11.9. The van der Waals surface area contributed by atoms with Gasteiger partial charge in [-0.2, -0.15) is 0 Å². The first-order valence-corrected chi connectivity index (χ1v) is 6.67. The van der Waals surface area contributed by atoms with Gasteiger partial charge in [-0.05, 0) is 37.6 Å². The topological polar surface area (TPSA) is 79.1 Å². The van der Waals surface area contributed by atoms with Crippen molar-refractivity contribution in [3.8, 4) is 0 Å². The molecule has 0 saturated heterocycles. The fourth-order valence-corrected chi connectivity index (χ4v) is 1.92. The van der Waals surface area contributed by atoms with Crippen LogP contribution in [0.5, 0.6) is 0 Å². The van der Waals surface area contributed by atoms with Crippen LogP contribution < -0.4 is 11.5 Å². The van der Waals surface area contributed by atoms with E-state index in [1.165, 1.54) is 18.3 Å². The molecule has 20 heavy (non-hydrogen) atoms. The molecular formula is C15H23FN4. The summed E-state index contributed by atoms with van der Waals surface area (Å²) in [6.07, 6.45) is 2.70. The quantitative estimate of drug-likeness (QED) is 0.631. The van der Waals surface area contributed by atoms with Gasteiger partial charge < -0.3 is 21.8 Å². The third-order valence-electron chi connectivity index (χ3n) is 3.13. The van der Waals surface area contributed by atoms with Crippen molar-refractivity contribution in [2.24, 2.45) is 11.5 Å². The highest BCUT2D eigenvalue weighted by Crippen LogP contribution is 2.10. The van der Waals surface area contributed by atoms with Gasteiger partial charge in [0.05, 0.1) is 0 Å². The molecule has 1 aromatic carbocycles. The Morgan fingerprint density at radius 2 is 2.00 bits per heavy atom. The Bertz CT molecular complexity index is 453. The lowest BCUT2D eigenvalue weighted by atomic mass is 10.1. The molecule has 0 amide bonds. The molecule has 110 valence electrons. The molecule has 0 aliphatic carbocycles. The molecule has 0 bridgehead atoms. The smallest absolute Gasteiger partial charge is 0.123 e. The summed E-state index contributed by atoms with van der Waals surface area (Å²) >= 11 is 0. The second-order valence-corrected chi connectivity index (χ2v) is 4.85. The first-order valence-electron chi connectivity index (χ1n) is 6.67. The minimum Gasteiger partial charge on any atom is -0.402 e. The van der Waals surface area contributed by atoms with Gasteiger partial charge in [-0.15, -0.1) is 0 Å². The van der Waals surface area contributed by atoms with Crippen molar-refractivity contribution in [2.45, 2.75) is 12.8 Å². The van der Waals surface area contributed by atoms with Crippen LogP contribution in [0.1, 0.15) is 12.0 Å². The van der Waals surface area contributed by atoms with Crippen LogP contribution in [0.3, 0.4) is 0 Å². The third kappa shape index (κ3) is 5.50. The van der Waals surface area contributed by atoms with Crippen molar-refractivity contribution < 1.29 is 4.39 Å². The maximum Gasteiger partial charge on any atom is 0.123 e. The lowest BCUT2D eigenvalue weighted by Crippen LogP contribution is -2.28. The van der Waals surface area contributed by atoms with Crippen molar-refractivity contribution in [1.82, 2.24) is 4.90 Å². The number of nitrogens with zero attached hydrogens (tertiary/aromatic N) is 1. The number of allylic oxidation sites excluding steroid dienone is 1. The van der Waals surface area contributed by atoms with Crippen LogP contribution in [0.2, 0.25) is 0 Å². The summed E-state index contributed by atoms with van der Waals surface area (Å²) in [5, 5.41) is 7.46. The van der Waals surface area contributed by atoms with Gasteiger partial charge in [-0.3, -0.25) is 0 Å². The van der Waals surface area contributed by atoms with E-state index in [1.807, 2.05) is 11.9 Å². The zero-order chi connectivity index (χ0) is 15.0. The molecule has 1 rings (SSSR count). The van der Waals surface area contributed by atoms with Crippen molar-refractivity contribution >= 4 is 6.21 Å². The molecule has 0 spiro atoms. The molecule has 0 heterocycles. The monoisotopic (exact) mass is 278 g/mol. The number of nitrogens with one attached hydrogen (secondary N) is 1. The predicted octanol–water partition coefficient (Wildman–Crippen LogP) is 1.51. The molecule has 0 radical (unpaired) electrons. The van der Waals surface area contributed by atoms with Crippen LogP contribution in [0, 0.1) is 11.2 Å². The molecule has 0 fully saturated rings. The van der Waals surface area contributed by atoms with Gasteiger partial charge in [0.25, 0.3) is 0 Å². The van der Waals surface area contributed by atoms with Crippen LogP contribution in [-0.2, 0) is 6.42 Å². The summed E-state index contributed by atoms with van der Waals surface area (Å²) in [5.74, 6) is -0.235. The van der Waals surface area contributed by atoms with E-state index >= 15 is 0 Å². The molecule has 5 heteroatoms. The fourth-order valence-electron chi connectivity index (χ4n) is 1.92. The number of likely N-dealkylation sites (N-methyl/N-ethyl adjacent to an activating group) is 1. The zero-order valence-corrected chi connectivity index (χ0v) is 11.9. The highest BCUT2D eigenvalue weighted by Gasteiger charge is 2.05. The van der Waals surface area contributed by atoms with Gasteiger partial charge in [0.1, 0.15) is 5.82 Å². The van der Waals surface area contributed by atoms with Crippen LogP contribution in [-0.4, -0.2) is 37.8 Å². The largest absolute Gasteiger partial charge is 0.402 e. The number of halogens is 1. The standard InChI is InChI=1S/C15H23FN4/c1-20(9-8-17)11-13(10-18)15(19)7-4-12-2-5-14(16)6-3-12/h2-3,5-6,10,18H,4,7-9,11,17,19H2,1H3. The lowest BCUT2D eigenvalue weighted by Gasteiger charge is -2.17. The van der Waals surface area contributed by atoms with Crippen LogP contribution in [0.15, 0.2) is 35.5 Å². The van der Waals surface area contributed by atoms with Gasteiger partial charge in [0, 0.05) is 37.1 Å². The number of hydrogen-bond acceptors (Lipinski definition) is 4. The van der Waals surface area contributed by atoms with Crippen molar-refractivity contribution in [1.29, 1.82) is 5.41 Å². The van der Waals surface area contributed by atoms with Crippen LogP contribution >= 0.6 is 0 Å². The van der Waals surface area contributed by atoms with Crippen molar-refractivity contribution in [3.05, 3.63) is 46.9 Å². The second kappa shape index (κ2) is 8.45. The minimum absolute atomic E-state index is 0.235. The van der Waals surface area contributed by atoms with Crippen LogP contribution in [0.4, 0.5) is 4.39 Å². The first kappa shape index (κ1) is 16.3. The van der Waals surface area contributed by atoms with Gasteiger partial charge in [-0.25, -0.2) is 4.39 Å². The van der Waals surface area contributed by atoms with Gasteiger partial charge in [0.15, 0.2) is 0 Å². The molecule has 4 nitrogen and oxygen atoms in total. The summed E-state index contributed by atoms with van der Waals surface area (Å²) in [4.78, 5) is 2.03. The fraction of sp³-hybridized carbons (Fsp3) is 0.400. The van der Waals surface area contributed by atoms with E-state index in [0.29, 0.717) is 25.2 Å². The van der Waals surface area contributed by atoms with E-state index in [4.69, 9.17) is 16.9 Å². The number of rotatable bonds is 8. The number of benzene rings is 1. The van der Waals surface area contributed by atoms with Crippen molar-refractivity contribution in [2.75, 3.05) is 26.7 Å². The Kier molecular flexibility index (Phi) is 6.90. The molecule has 0 aliphatic rings. The molecule has 0 aliphatic heterocycles. The summed E-state index contributed by atoms with van der Waals surface area (Å²) in [7, 11) is 1.95. The van der Waals surface area contributed by atoms with E-state index in [-0.39, 0.29) is 5.82 Å². The van der Waals surface area contributed by atoms with E-state index in [0.717, 1.165) is 24.1 Å². The Morgan fingerprint density at radius 3 is 2.55 bits per heavy atom. The highest BCUT2D eigenvalue weighted by molar-refractivity contribution is 5.77. The molecular weight excluding hydrogens is 255 g/mol. The molecule has 0 atom stereocenters. The first-order chi connectivity index (χ1) is 9.56. The number of hydrogen-bond donors (Lipinski definition) is 3. The lowest BCUT2D eigenvalue weighted by molar-refractivity contribution is 0.376. The van der Waals surface area contributed by atoms with Gasteiger partial charge in [0.2, 0.25) is 0 Å². The Hall–Kier alpha value is -1.72. The minimum atomic E-state index is -0.235. The third-order valence-corrected chi connectivity index (χ3v) is 3.13. The normalized spacial score (nSPS) is 12.4. The van der Waals surface area contributed by atoms with E-state index in [1.54, 1.807) is 12.1 Å². The van der Waals surface area contributed by atoms with Gasteiger partial charge >= 0.3 is 0 Å². The van der Waals surface area contributed by atoms with Crippen LogP contribution in [0.25, 0.3) is 0 Å². The Labute approximate surface area is 119 Å². The molecule has 0 unspecified atom stereocenters. The summed E-state index contributed by atoms with van der Waals surface area (Å²) in [6, 6.07) is 6.41. The average Bonchev–Trinajstić information content (AvgIpc) is 2.44. The highest BCUT2D eigenvalue weighted by atomic mass is 19.1. The summed E-state index contributed by atoms with van der Waals surface area (Å²) in [5.41, 5.74) is 14.1. The maximum atomic E-state index is 12.8. The van der Waals surface area contributed by atoms with Crippen molar-refractivity contribution in [3.63, 3.8) is 0 Å².